The van der Waals surface area contributed by atoms with Crippen molar-refractivity contribution in [1.82, 2.24) is 0 Å². The van der Waals surface area contributed by atoms with E-state index >= 15 is 0 Å². The topological polar surface area (TPSA) is 237 Å². The number of aliphatic hydroxyl groups is 1. The van der Waals surface area contributed by atoms with E-state index in [1.54, 1.807) is 0 Å². The van der Waals surface area contributed by atoms with Gasteiger partial charge in [0.1, 0.15) is 19.3 Å². The van der Waals surface area contributed by atoms with Crippen molar-refractivity contribution < 1.29 is 80.2 Å². The van der Waals surface area contributed by atoms with E-state index in [1.165, 1.54) is 257 Å². The van der Waals surface area contributed by atoms with E-state index in [1.807, 2.05) is 0 Å². The Hall–Kier alpha value is -1.94. The highest BCUT2D eigenvalue weighted by atomic mass is 31.2. The largest absolute Gasteiger partial charge is 0.472 e. The van der Waals surface area contributed by atoms with E-state index in [-0.39, 0.29) is 25.7 Å². The van der Waals surface area contributed by atoms with Crippen LogP contribution in [0.1, 0.15) is 440 Å². The van der Waals surface area contributed by atoms with Crippen LogP contribution in [0.3, 0.4) is 0 Å². The molecule has 0 bridgehead atoms. The Kier molecular flexibility index (Phi) is 73.1. The summed E-state index contributed by atoms with van der Waals surface area (Å²) in [6.45, 7) is 9.56. The minimum absolute atomic E-state index is 0.104. The van der Waals surface area contributed by atoms with Crippen LogP contribution < -0.4 is 0 Å². The van der Waals surface area contributed by atoms with Gasteiger partial charge < -0.3 is 33.8 Å². The summed E-state index contributed by atoms with van der Waals surface area (Å²) in [4.78, 5) is 73.0. The summed E-state index contributed by atoms with van der Waals surface area (Å²) < 4.78 is 68.7. The molecule has 0 aromatic rings. The Morgan fingerprint density at radius 2 is 0.451 bits per heavy atom. The lowest BCUT2D eigenvalue weighted by atomic mass is 10.0. The molecule has 0 aromatic heterocycles. The lowest BCUT2D eigenvalue weighted by molar-refractivity contribution is -0.161. The molecule has 5 atom stereocenters. The first-order valence-electron chi connectivity index (χ1n) is 43.0. The van der Waals surface area contributed by atoms with Crippen LogP contribution in [0.15, 0.2) is 0 Å². The van der Waals surface area contributed by atoms with Crippen LogP contribution in [-0.2, 0) is 65.4 Å². The van der Waals surface area contributed by atoms with Gasteiger partial charge in [-0.15, -0.1) is 0 Å². The molecule has 0 aromatic carbocycles. The van der Waals surface area contributed by atoms with Gasteiger partial charge in [-0.3, -0.25) is 37.3 Å². The van der Waals surface area contributed by atoms with Crippen molar-refractivity contribution in [3.05, 3.63) is 0 Å². The fourth-order valence-corrected chi connectivity index (χ4v) is 14.5. The van der Waals surface area contributed by atoms with E-state index in [0.29, 0.717) is 25.7 Å². The number of rotatable bonds is 82. The first kappa shape index (κ1) is 100. The molecule has 0 saturated carbocycles. The monoisotopic (exact) mass is 1490 g/mol. The number of carbonyl (C=O) groups is 4. The summed E-state index contributed by atoms with van der Waals surface area (Å²) >= 11 is 0. The van der Waals surface area contributed by atoms with E-state index in [9.17, 15) is 43.2 Å². The van der Waals surface area contributed by atoms with Crippen molar-refractivity contribution >= 4 is 39.5 Å². The summed E-state index contributed by atoms with van der Waals surface area (Å²) in [5.74, 6) is -0.666. The van der Waals surface area contributed by atoms with Gasteiger partial charge in [0.05, 0.1) is 26.4 Å². The van der Waals surface area contributed by atoms with Gasteiger partial charge in [-0.05, 0) is 37.5 Å². The number of phosphoric acid groups is 2. The van der Waals surface area contributed by atoms with E-state index in [4.69, 9.17) is 37.0 Å². The Morgan fingerprint density at radius 1 is 0.265 bits per heavy atom. The quantitative estimate of drug-likeness (QED) is 0.0222. The van der Waals surface area contributed by atoms with Crippen LogP contribution in [0, 0.1) is 11.8 Å². The van der Waals surface area contributed by atoms with Crippen molar-refractivity contribution in [3.8, 4) is 0 Å². The van der Waals surface area contributed by atoms with Crippen molar-refractivity contribution in [2.24, 2.45) is 11.8 Å². The maximum Gasteiger partial charge on any atom is 0.472 e. The maximum absolute atomic E-state index is 13.1. The maximum atomic E-state index is 13.1. The van der Waals surface area contributed by atoms with Crippen LogP contribution in [-0.4, -0.2) is 96.7 Å². The zero-order chi connectivity index (χ0) is 74.9. The molecule has 0 rings (SSSR count). The van der Waals surface area contributed by atoms with Gasteiger partial charge in [0.25, 0.3) is 0 Å². The summed E-state index contributed by atoms with van der Waals surface area (Å²) in [5.41, 5.74) is 0. The normalized spacial score (nSPS) is 13.9. The van der Waals surface area contributed by atoms with Gasteiger partial charge in [-0.2, -0.15) is 0 Å². The predicted molar refractivity (Wildman–Crippen MR) is 418 cm³/mol. The average molecular weight is 1490 g/mol. The Bertz CT molecular complexity index is 1960. The highest BCUT2D eigenvalue weighted by Crippen LogP contribution is 2.45. The molecule has 0 saturated heterocycles. The second kappa shape index (κ2) is 74.5. The molecule has 606 valence electrons. The van der Waals surface area contributed by atoms with Gasteiger partial charge in [0.2, 0.25) is 0 Å². The Morgan fingerprint density at radius 3 is 0.667 bits per heavy atom. The summed E-state index contributed by atoms with van der Waals surface area (Å²) in [6.07, 6.45) is 65.6. The third-order valence-electron chi connectivity index (χ3n) is 19.5. The third kappa shape index (κ3) is 76.3. The molecule has 0 aliphatic heterocycles. The summed E-state index contributed by atoms with van der Waals surface area (Å²) in [6, 6.07) is 0. The minimum atomic E-state index is -4.96. The standard InChI is InChI=1S/C83H162O17P2/c1-7-9-11-13-15-17-19-21-23-25-27-28-29-30-32-34-36-38-40-49-55-61-67-82(87)99-78(71-93-80(85)65-59-53-47-39-37-35-33-31-26-24-22-20-18-16-14-12-10-8-2)73-97-101(89,90)95-69-77(84)70-96-102(91,92)98-74-79(100-83(88)68-62-56-50-44-42-46-52-58-64-76(5)6)72-94-81(86)66-60-54-48-43-41-45-51-57-63-75(3)4/h75-79,84H,7-74H2,1-6H3,(H,89,90)(H,91,92)/t77-,78-,79-/m1/s1. The summed E-state index contributed by atoms with van der Waals surface area (Å²) in [5, 5.41) is 10.6. The van der Waals surface area contributed by atoms with Gasteiger partial charge in [-0.25, -0.2) is 9.13 Å². The minimum Gasteiger partial charge on any atom is -0.462 e. The average Bonchev–Trinajstić information content (AvgIpc) is 0.912. The fraction of sp³-hybridized carbons (Fsp3) is 0.952. The highest BCUT2D eigenvalue weighted by molar-refractivity contribution is 7.47. The smallest absolute Gasteiger partial charge is 0.462 e. The molecule has 0 heterocycles. The molecule has 19 heteroatoms. The Labute approximate surface area is 626 Å². The molecule has 0 aliphatic rings. The van der Waals surface area contributed by atoms with E-state index in [0.717, 1.165) is 102 Å². The second-order valence-electron chi connectivity index (χ2n) is 30.8. The molecule has 2 unspecified atom stereocenters. The van der Waals surface area contributed by atoms with Crippen molar-refractivity contribution in [2.75, 3.05) is 39.6 Å². The number of unbranched alkanes of at least 4 members (excludes halogenated alkanes) is 52. The van der Waals surface area contributed by atoms with Crippen molar-refractivity contribution in [2.45, 2.75) is 458 Å². The molecule has 17 nitrogen and oxygen atoms in total. The fourth-order valence-electron chi connectivity index (χ4n) is 12.9. The molecule has 0 aliphatic carbocycles. The lowest BCUT2D eigenvalue weighted by Crippen LogP contribution is -2.30. The van der Waals surface area contributed by atoms with Crippen LogP contribution in [0.2, 0.25) is 0 Å². The molecule has 0 fully saturated rings. The number of phosphoric ester groups is 2. The number of aliphatic hydroxyl groups excluding tert-OH is 1. The molecule has 3 N–H and O–H groups in total. The number of hydrogen-bond acceptors (Lipinski definition) is 15. The van der Waals surface area contributed by atoms with Crippen LogP contribution in [0.25, 0.3) is 0 Å². The second-order valence-corrected chi connectivity index (χ2v) is 33.7. The number of ether oxygens (including phenoxy) is 4. The molecule has 102 heavy (non-hydrogen) atoms. The van der Waals surface area contributed by atoms with Gasteiger partial charge in [0.15, 0.2) is 12.2 Å². The zero-order valence-electron chi connectivity index (χ0n) is 66.9. The van der Waals surface area contributed by atoms with Gasteiger partial charge in [0, 0.05) is 25.7 Å². The van der Waals surface area contributed by atoms with Crippen LogP contribution in [0.5, 0.6) is 0 Å². The van der Waals surface area contributed by atoms with Crippen molar-refractivity contribution in [3.63, 3.8) is 0 Å². The van der Waals surface area contributed by atoms with Crippen LogP contribution in [0.4, 0.5) is 0 Å². The number of carbonyl (C=O) groups excluding carboxylic acids is 4. The molecular weight excluding hydrogens is 1330 g/mol. The van der Waals surface area contributed by atoms with Crippen LogP contribution >= 0.6 is 15.6 Å². The van der Waals surface area contributed by atoms with Gasteiger partial charge >= 0.3 is 39.5 Å². The molecular formula is C83H162O17P2. The van der Waals surface area contributed by atoms with Crippen molar-refractivity contribution in [1.29, 1.82) is 0 Å². The first-order chi connectivity index (χ1) is 49.4. The number of hydrogen-bond donors (Lipinski definition) is 3. The lowest BCUT2D eigenvalue weighted by Gasteiger charge is -2.21. The first-order valence-corrected chi connectivity index (χ1v) is 46.0. The highest BCUT2D eigenvalue weighted by Gasteiger charge is 2.30. The molecule has 0 spiro atoms. The molecule has 0 amide bonds. The van der Waals surface area contributed by atoms with E-state index < -0.39 is 97.5 Å². The summed E-state index contributed by atoms with van der Waals surface area (Å²) in [7, 11) is -9.92. The zero-order valence-corrected chi connectivity index (χ0v) is 68.7. The Balaban J connectivity index is 5.20. The predicted octanol–water partition coefficient (Wildman–Crippen LogP) is 25.1. The van der Waals surface area contributed by atoms with E-state index in [2.05, 4.69) is 41.5 Å². The SMILES string of the molecule is CCCCCCCCCCCCCCCCCCCCCCCCC(=O)O[C@H](COC(=O)CCCCCCCCCCCCCCCCCCCC)COP(=O)(O)OC[C@@H](O)COP(=O)(O)OC[C@@H](COC(=O)CCCCCCCCCCC(C)C)OC(=O)CCCCCCCCCCC(C)C. The molecule has 0 radical (unpaired) electrons. The van der Waals surface area contributed by atoms with Gasteiger partial charge in [-0.1, -0.05) is 388 Å². The number of esters is 4. The third-order valence-corrected chi connectivity index (χ3v) is 21.4.